The van der Waals surface area contributed by atoms with E-state index in [0.717, 1.165) is 38.1 Å². The maximum atomic E-state index is 5.84. The van der Waals surface area contributed by atoms with Gasteiger partial charge in [-0.2, -0.15) is 0 Å². The highest BCUT2D eigenvalue weighted by atomic mass is 16.6. The Hall–Kier alpha value is -0.610. The summed E-state index contributed by atoms with van der Waals surface area (Å²) in [5, 5.41) is 4.10. The number of hydrogen-bond acceptors (Lipinski definition) is 4. The summed E-state index contributed by atoms with van der Waals surface area (Å²) in [4.78, 5) is 7.25. The van der Waals surface area contributed by atoms with Gasteiger partial charge >= 0.3 is 0 Å². The maximum Gasteiger partial charge on any atom is 0.106 e. The molecule has 1 aliphatic rings. The monoisotopic (exact) mass is 242 g/mol. The van der Waals surface area contributed by atoms with Gasteiger partial charge in [0.2, 0.25) is 0 Å². The fourth-order valence-electron chi connectivity index (χ4n) is 2.50. The van der Waals surface area contributed by atoms with Crippen LogP contribution in [0.4, 0.5) is 0 Å². The molecule has 1 fully saturated rings. The Morgan fingerprint density at radius 2 is 2.18 bits per heavy atom. The van der Waals surface area contributed by atoms with Gasteiger partial charge in [-0.1, -0.05) is 18.5 Å². The molecule has 1 saturated heterocycles. The van der Waals surface area contributed by atoms with E-state index in [0.29, 0.717) is 0 Å². The fraction of sp³-hybridized carbons (Fsp3) is 0.923. The molecule has 0 amide bonds. The van der Waals surface area contributed by atoms with Crippen molar-refractivity contribution in [2.75, 3.05) is 27.3 Å². The highest BCUT2D eigenvalue weighted by Crippen LogP contribution is 2.31. The predicted molar refractivity (Wildman–Crippen MR) is 70.4 cm³/mol. The molecule has 0 aromatic heterocycles. The van der Waals surface area contributed by atoms with E-state index in [1.54, 1.807) is 7.11 Å². The largest absolute Gasteiger partial charge is 0.399 e. The summed E-state index contributed by atoms with van der Waals surface area (Å²) in [6.07, 6.45) is 3.53. The molecule has 0 aliphatic carbocycles. The number of hydrogen-bond donors (Lipinski definition) is 0. The molecular formula is C13H26N2O2. The van der Waals surface area contributed by atoms with Gasteiger partial charge in [0.05, 0.1) is 18.4 Å². The molecule has 0 spiro atoms. The summed E-state index contributed by atoms with van der Waals surface area (Å²) < 4.78 is 5.84. The van der Waals surface area contributed by atoms with Crippen LogP contribution in [-0.2, 0) is 9.57 Å². The van der Waals surface area contributed by atoms with Gasteiger partial charge < -0.3 is 9.57 Å². The minimum atomic E-state index is 0.108. The van der Waals surface area contributed by atoms with Gasteiger partial charge in [0.25, 0.3) is 0 Å². The molecule has 4 heteroatoms. The van der Waals surface area contributed by atoms with Crippen LogP contribution in [0.1, 0.15) is 40.0 Å². The third kappa shape index (κ3) is 3.68. The Bertz CT molecular complexity index is 266. The number of likely N-dealkylation sites (tertiary alicyclic amines) is 1. The van der Waals surface area contributed by atoms with E-state index in [9.17, 15) is 0 Å². The minimum Gasteiger partial charge on any atom is -0.399 e. The second-order valence-corrected chi connectivity index (χ2v) is 5.21. The summed E-state index contributed by atoms with van der Waals surface area (Å²) in [6, 6.07) is 0. The molecule has 100 valence electrons. The van der Waals surface area contributed by atoms with Crippen LogP contribution in [0.5, 0.6) is 0 Å². The molecule has 0 saturated carbocycles. The summed E-state index contributed by atoms with van der Waals surface area (Å²) in [5.74, 6) is 0. The van der Waals surface area contributed by atoms with Crippen molar-refractivity contribution in [3.8, 4) is 0 Å². The zero-order valence-electron chi connectivity index (χ0n) is 11.8. The molecule has 1 unspecified atom stereocenters. The molecule has 1 aliphatic heterocycles. The topological polar surface area (TPSA) is 34.1 Å². The van der Waals surface area contributed by atoms with E-state index in [1.807, 2.05) is 0 Å². The lowest BCUT2D eigenvalue weighted by atomic mass is 9.91. The van der Waals surface area contributed by atoms with E-state index in [2.05, 4.69) is 37.9 Å². The average Bonchev–Trinajstić information content (AvgIpc) is 2.54. The fourth-order valence-corrected chi connectivity index (χ4v) is 2.50. The van der Waals surface area contributed by atoms with Crippen molar-refractivity contribution in [2.45, 2.75) is 51.7 Å². The number of ether oxygens (including phenoxy) is 1. The molecular weight excluding hydrogens is 216 g/mol. The first kappa shape index (κ1) is 14.5. The Balaban J connectivity index is 2.73. The van der Waals surface area contributed by atoms with Gasteiger partial charge in [-0.25, -0.2) is 0 Å². The van der Waals surface area contributed by atoms with Crippen LogP contribution in [0.25, 0.3) is 0 Å². The van der Waals surface area contributed by atoms with Crippen LogP contribution < -0.4 is 0 Å². The molecule has 0 bridgehead atoms. The van der Waals surface area contributed by atoms with Crippen LogP contribution in [0, 0.1) is 0 Å². The van der Waals surface area contributed by atoms with Crippen LogP contribution in [-0.4, -0.2) is 49.6 Å². The predicted octanol–water partition coefficient (Wildman–Crippen LogP) is 2.29. The molecule has 4 nitrogen and oxygen atoms in total. The first-order chi connectivity index (χ1) is 8.04. The summed E-state index contributed by atoms with van der Waals surface area (Å²) in [6.45, 7) is 8.04. The highest BCUT2D eigenvalue weighted by Gasteiger charge is 2.41. The van der Waals surface area contributed by atoms with Crippen molar-refractivity contribution in [1.82, 2.24) is 4.90 Å². The number of nitrogens with zero attached hydrogens (tertiary/aromatic N) is 2. The Labute approximate surface area is 105 Å². The quantitative estimate of drug-likeness (QED) is 0.670. The van der Waals surface area contributed by atoms with Crippen LogP contribution in [0.2, 0.25) is 0 Å². The zero-order chi connectivity index (χ0) is 12.9. The smallest absolute Gasteiger partial charge is 0.106 e. The molecule has 0 aromatic rings. The third-order valence-corrected chi connectivity index (χ3v) is 3.38. The zero-order valence-corrected chi connectivity index (χ0v) is 11.8. The molecule has 0 radical (unpaired) electrons. The molecule has 0 aromatic carbocycles. The second kappa shape index (κ2) is 6.36. The number of likely N-dealkylation sites (N-methyl/N-ethyl adjacent to an activating group) is 1. The van der Waals surface area contributed by atoms with Crippen LogP contribution in [0.3, 0.4) is 0 Å². The maximum absolute atomic E-state index is 5.84. The molecule has 0 N–H and O–H groups in total. The van der Waals surface area contributed by atoms with Crippen molar-refractivity contribution in [3.63, 3.8) is 0 Å². The van der Waals surface area contributed by atoms with Crippen molar-refractivity contribution in [1.29, 1.82) is 0 Å². The van der Waals surface area contributed by atoms with Crippen LogP contribution >= 0.6 is 0 Å². The summed E-state index contributed by atoms with van der Waals surface area (Å²) in [5.41, 5.74) is 1.23. The first-order valence-electron chi connectivity index (χ1n) is 6.46. The SMILES string of the molecule is CCCC1(COC(C)C)C/C(=N/OC)CN1C. The van der Waals surface area contributed by atoms with E-state index in [1.165, 1.54) is 0 Å². The van der Waals surface area contributed by atoms with E-state index < -0.39 is 0 Å². The van der Waals surface area contributed by atoms with Gasteiger partial charge in [-0.05, 0) is 27.3 Å². The lowest BCUT2D eigenvalue weighted by molar-refractivity contribution is -0.00863. The van der Waals surface area contributed by atoms with E-state index >= 15 is 0 Å². The number of oxime groups is 1. The summed E-state index contributed by atoms with van der Waals surface area (Å²) in [7, 11) is 3.76. The Morgan fingerprint density at radius 3 is 2.71 bits per heavy atom. The van der Waals surface area contributed by atoms with Gasteiger partial charge in [-0.15, -0.1) is 0 Å². The highest BCUT2D eigenvalue weighted by molar-refractivity contribution is 5.89. The third-order valence-electron chi connectivity index (χ3n) is 3.38. The molecule has 17 heavy (non-hydrogen) atoms. The normalized spacial score (nSPS) is 28.2. The Kier molecular flexibility index (Phi) is 5.40. The Morgan fingerprint density at radius 1 is 1.47 bits per heavy atom. The lowest BCUT2D eigenvalue weighted by Crippen LogP contribution is -2.45. The minimum absolute atomic E-state index is 0.108. The van der Waals surface area contributed by atoms with Crippen LogP contribution in [0.15, 0.2) is 5.16 Å². The van der Waals surface area contributed by atoms with Crippen molar-refractivity contribution >= 4 is 5.71 Å². The van der Waals surface area contributed by atoms with Crippen molar-refractivity contribution in [2.24, 2.45) is 5.16 Å². The standard InChI is InChI=1S/C13H26N2O2/c1-6-7-13(10-17-11(2)3)8-12(14-16-5)9-15(13)4/h11H,6-10H2,1-5H3/b14-12-. The van der Waals surface area contributed by atoms with Gasteiger partial charge in [0.1, 0.15) is 7.11 Å². The van der Waals surface area contributed by atoms with Gasteiger partial charge in [-0.3, -0.25) is 4.90 Å². The molecule has 1 heterocycles. The summed E-state index contributed by atoms with van der Waals surface area (Å²) >= 11 is 0. The van der Waals surface area contributed by atoms with Crippen molar-refractivity contribution in [3.05, 3.63) is 0 Å². The molecule has 1 atom stereocenters. The lowest BCUT2D eigenvalue weighted by Gasteiger charge is -2.35. The van der Waals surface area contributed by atoms with Gasteiger partial charge in [0.15, 0.2) is 0 Å². The average molecular weight is 242 g/mol. The molecule has 1 rings (SSSR count). The second-order valence-electron chi connectivity index (χ2n) is 5.21. The first-order valence-corrected chi connectivity index (χ1v) is 6.46. The van der Waals surface area contributed by atoms with Crippen molar-refractivity contribution < 1.29 is 9.57 Å². The van der Waals surface area contributed by atoms with E-state index in [-0.39, 0.29) is 11.6 Å². The van der Waals surface area contributed by atoms with E-state index in [4.69, 9.17) is 9.57 Å². The van der Waals surface area contributed by atoms with Gasteiger partial charge in [0, 0.05) is 18.5 Å². The number of rotatable bonds is 6.